The summed E-state index contributed by atoms with van der Waals surface area (Å²) in [4.78, 5) is 24.7. The molecule has 0 atom stereocenters. The number of carbonyl (C=O) groups is 2. The van der Waals surface area contributed by atoms with E-state index in [1.807, 2.05) is 18.2 Å². The minimum Gasteiger partial charge on any atom is -0.346 e. The lowest BCUT2D eigenvalue weighted by Gasteiger charge is -2.17. The monoisotopic (exact) mass is 311 g/mol. The van der Waals surface area contributed by atoms with Gasteiger partial charge in [0.25, 0.3) is 0 Å². The molecule has 2 amide bonds. The maximum atomic E-state index is 12.0. The number of amides is 2. The van der Waals surface area contributed by atoms with Crippen molar-refractivity contribution in [2.45, 2.75) is 6.42 Å². The Bertz CT molecular complexity index is 490. The van der Waals surface area contributed by atoms with Crippen LogP contribution >= 0.6 is 15.9 Å². The van der Waals surface area contributed by atoms with Crippen LogP contribution in [0.15, 0.2) is 22.7 Å². The van der Waals surface area contributed by atoms with E-state index in [0.29, 0.717) is 6.54 Å². The summed E-state index contributed by atoms with van der Waals surface area (Å²) in [6.45, 7) is 0.542. The molecule has 0 spiro atoms. The first-order chi connectivity index (χ1) is 8.61. The van der Waals surface area contributed by atoms with Crippen LogP contribution in [-0.4, -0.2) is 31.4 Å². The molecule has 1 aromatic carbocycles. The Morgan fingerprint density at radius 3 is 2.94 bits per heavy atom. The van der Waals surface area contributed by atoms with Gasteiger partial charge in [0.1, 0.15) is 0 Å². The van der Waals surface area contributed by atoms with Gasteiger partial charge < -0.3 is 16.0 Å². The van der Waals surface area contributed by atoms with Crippen LogP contribution < -0.4 is 16.0 Å². The van der Waals surface area contributed by atoms with Gasteiger partial charge in [0.2, 0.25) is 11.8 Å². The molecule has 0 radical (unpaired) electrons. The number of halogens is 1. The number of fused-ring (bicyclic) bond motifs is 1. The fourth-order valence-corrected chi connectivity index (χ4v) is 2.30. The Kier molecular flexibility index (Phi) is 3.98. The summed E-state index contributed by atoms with van der Waals surface area (Å²) in [6.07, 6.45) is 0.846. The van der Waals surface area contributed by atoms with Gasteiger partial charge in [-0.25, -0.2) is 0 Å². The number of hydrogen-bond acceptors (Lipinski definition) is 3. The standard InChI is InChI=1S/C12H14BrN3O2/c13-9-2-1-8-3-4-16(10(8)5-9)12(18)7-15-11(17)6-14/h1-2,5H,3-4,6-7,14H2,(H,15,17). The van der Waals surface area contributed by atoms with Crippen molar-refractivity contribution in [1.82, 2.24) is 5.32 Å². The van der Waals surface area contributed by atoms with Gasteiger partial charge >= 0.3 is 0 Å². The molecule has 0 fully saturated rings. The number of carbonyl (C=O) groups excluding carboxylic acids is 2. The third kappa shape index (κ3) is 2.70. The molecule has 5 nitrogen and oxygen atoms in total. The summed E-state index contributed by atoms with van der Waals surface area (Å²) >= 11 is 3.39. The molecule has 0 bridgehead atoms. The van der Waals surface area contributed by atoms with Crippen LogP contribution in [0.2, 0.25) is 0 Å². The van der Waals surface area contributed by atoms with Gasteiger partial charge in [-0.15, -0.1) is 0 Å². The summed E-state index contributed by atoms with van der Waals surface area (Å²) in [7, 11) is 0. The Hall–Kier alpha value is -1.40. The molecular weight excluding hydrogens is 298 g/mol. The highest BCUT2D eigenvalue weighted by atomic mass is 79.9. The number of anilines is 1. The highest BCUT2D eigenvalue weighted by molar-refractivity contribution is 9.10. The summed E-state index contributed by atoms with van der Waals surface area (Å²) < 4.78 is 0.937. The zero-order valence-electron chi connectivity index (χ0n) is 9.78. The van der Waals surface area contributed by atoms with Crippen LogP contribution in [0, 0.1) is 0 Å². The van der Waals surface area contributed by atoms with Crippen molar-refractivity contribution in [3.8, 4) is 0 Å². The maximum Gasteiger partial charge on any atom is 0.246 e. The molecular formula is C12H14BrN3O2. The van der Waals surface area contributed by atoms with E-state index in [4.69, 9.17) is 5.73 Å². The van der Waals surface area contributed by atoms with Crippen molar-refractivity contribution in [3.05, 3.63) is 28.2 Å². The lowest BCUT2D eigenvalue weighted by atomic mass is 10.2. The first-order valence-corrected chi connectivity index (χ1v) is 6.46. The van der Waals surface area contributed by atoms with Crippen LogP contribution in [0.5, 0.6) is 0 Å². The first kappa shape index (κ1) is 13.0. The number of rotatable bonds is 3. The molecule has 96 valence electrons. The Labute approximate surface area is 113 Å². The largest absolute Gasteiger partial charge is 0.346 e. The van der Waals surface area contributed by atoms with E-state index in [2.05, 4.69) is 21.2 Å². The minimum absolute atomic E-state index is 0.0119. The van der Waals surface area contributed by atoms with Crippen molar-refractivity contribution >= 4 is 33.4 Å². The molecule has 1 aliphatic rings. The zero-order valence-corrected chi connectivity index (χ0v) is 11.4. The van der Waals surface area contributed by atoms with E-state index in [0.717, 1.165) is 22.1 Å². The minimum atomic E-state index is -0.322. The Morgan fingerprint density at radius 2 is 2.22 bits per heavy atom. The van der Waals surface area contributed by atoms with Gasteiger partial charge in [0, 0.05) is 16.7 Å². The van der Waals surface area contributed by atoms with E-state index in [1.165, 1.54) is 0 Å². The van der Waals surface area contributed by atoms with Gasteiger partial charge in [0.15, 0.2) is 0 Å². The van der Waals surface area contributed by atoms with Crippen molar-refractivity contribution in [1.29, 1.82) is 0 Å². The molecule has 0 aromatic heterocycles. The molecule has 1 aromatic rings. The molecule has 6 heteroatoms. The van der Waals surface area contributed by atoms with E-state index >= 15 is 0 Å². The summed E-state index contributed by atoms with van der Waals surface area (Å²) in [5, 5.41) is 2.49. The number of nitrogens with one attached hydrogen (secondary N) is 1. The lowest BCUT2D eigenvalue weighted by Crippen LogP contribution is -2.41. The Morgan fingerprint density at radius 1 is 1.44 bits per heavy atom. The normalized spacial score (nSPS) is 13.3. The highest BCUT2D eigenvalue weighted by Crippen LogP contribution is 2.30. The van der Waals surface area contributed by atoms with Gasteiger partial charge in [0.05, 0.1) is 13.1 Å². The average Bonchev–Trinajstić information content (AvgIpc) is 2.78. The van der Waals surface area contributed by atoms with Gasteiger partial charge in [-0.05, 0) is 24.1 Å². The predicted octanol–water partition coefficient (Wildman–Crippen LogP) is 0.413. The summed E-state index contributed by atoms with van der Waals surface area (Å²) in [6, 6.07) is 5.89. The third-order valence-electron chi connectivity index (χ3n) is 2.87. The van der Waals surface area contributed by atoms with Crippen LogP contribution in [0.1, 0.15) is 5.56 Å². The van der Waals surface area contributed by atoms with Crippen LogP contribution in [0.3, 0.4) is 0 Å². The second-order valence-electron chi connectivity index (χ2n) is 4.05. The molecule has 2 rings (SSSR count). The van der Waals surface area contributed by atoms with Crippen LogP contribution in [0.25, 0.3) is 0 Å². The fraction of sp³-hybridized carbons (Fsp3) is 0.333. The predicted molar refractivity (Wildman–Crippen MR) is 72.3 cm³/mol. The second-order valence-corrected chi connectivity index (χ2v) is 4.96. The molecule has 3 N–H and O–H groups in total. The lowest BCUT2D eigenvalue weighted by molar-refractivity contribution is -0.124. The summed E-state index contributed by atoms with van der Waals surface area (Å²) in [5.41, 5.74) is 7.23. The van der Waals surface area contributed by atoms with Gasteiger partial charge in [-0.1, -0.05) is 22.0 Å². The van der Waals surface area contributed by atoms with Crippen LogP contribution in [0.4, 0.5) is 5.69 Å². The quantitative estimate of drug-likeness (QED) is 0.849. The van der Waals surface area contributed by atoms with Crippen molar-refractivity contribution in [3.63, 3.8) is 0 Å². The second kappa shape index (κ2) is 5.49. The molecule has 0 saturated carbocycles. The topological polar surface area (TPSA) is 75.4 Å². The number of nitrogens with two attached hydrogens (primary N) is 1. The van der Waals surface area contributed by atoms with E-state index in [1.54, 1.807) is 4.90 Å². The smallest absolute Gasteiger partial charge is 0.246 e. The molecule has 1 heterocycles. The van der Waals surface area contributed by atoms with E-state index in [-0.39, 0.29) is 24.9 Å². The van der Waals surface area contributed by atoms with Crippen molar-refractivity contribution in [2.75, 3.05) is 24.5 Å². The average molecular weight is 312 g/mol. The molecule has 0 aliphatic carbocycles. The molecule has 0 unspecified atom stereocenters. The van der Waals surface area contributed by atoms with E-state index < -0.39 is 0 Å². The van der Waals surface area contributed by atoms with Crippen LogP contribution in [-0.2, 0) is 16.0 Å². The third-order valence-corrected chi connectivity index (χ3v) is 3.36. The van der Waals surface area contributed by atoms with Gasteiger partial charge in [-0.2, -0.15) is 0 Å². The highest BCUT2D eigenvalue weighted by Gasteiger charge is 2.24. The van der Waals surface area contributed by atoms with Crippen molar-refractivity contribution < 1.29 is 9.59 Å². The zero-order chi connectivity index (χ0) is 13.1. The molecule has 18 heavy (non-hydrogen) atoms. The van der Waals surface area contributed by atoms with Crippen molar-refractivity contribution in [2.24, 2.45) is 5.73 Å². The first-order valence-electron chi connectivity index (χ1n) is 5.67. The number of hydrogen-bond donors (Lipinski definition) is 2. The van der Waals surface area contributed by atoms with E-state index in [9.17, 15) is 9.59 Å². The number of nitrogens with zero attached hydrogens (tertiary/aromatic N) is 1. The summed E-state index contributed by atoms with van der Waals surface area (Å²) in [5.74, 6) is -0.439. The molecule has 0 saturated heterocycles. The molecule has 1 aliphatic heterocycles. The van der Waals surface area contributed by atoms with Gasteiger partial charge in [-0.3, -0.25) is 9.59 Å². The number of benzene rings is 1. The SMILES string of the molecule is NCC(=O)NCC(=O)N1CCc2ccc(Br)cc21. The Balaban J connectivity index is 2.06. The fourth-order valence-electron chi connectivity index (χ4n) is 1.95. The maximum absolute atomic E-state index is 12.0.